The van der Waals surface area contributed by atoms with Crippen LogP contribution in [0.2, 0.25) is 5.02 Å². The summed E-state index contributed by atoms with van der Waals surface area (Å²) in [4.78, 5) is 0. The fourth-order valence-electron chi connectivity index (χ4n) is 1.78. The highest BCUT2D eigenvalue weighted by Crippen LogP contribution is 2.32. The maximum atomic E-state index is 5.86. The van der Waals surface area contributed by atoms with Crippen LogP contribution in [0.1, 0.15) is 0 Å². The van der Waals surface area contributed by atoms with Gasteiger partial charge in [-0.25, -0.2) is 0 Å². The predicted molar refractivity (Wildman–Crippen MR) is 84.6 cm³/mol. The van der Waals surface area contributed by atoms with E-state index in [2.05, 4.69) is 42.1 Å². The van der Waals surface area contributed by atoms with Crippen LogP contribution in [-0.4, -0.2) is 14.8 Å². The first-order valence-electron chi connectivity index (χ1n) is 5.67. The molecule has 0 N–H and O–H groups in total. The fraction of sp³-hybridized carbons (Fsp3) is 0.0769. The summed E-state index contributed by atoms with van der Waals surface area (Å²) in [5.41, 5.74) is 1.66. The van der Waals surface area contributed by atoms with Gasteiger partial charge in [-0.2, -0.15) is 0 Å². The highest BCUT2D eigenvalue weighted by atomic mass is 79.9. The predicted octanol–water partition coefficient (Wildman–Crippen LogP) is 4.92. The molecule has 0 fully saturated rings. The van der Waals surface area contributed by atoms with Crippen molar-refractivity contribution in [2.24, 2.45) is 7.05 Å². The largest absolute Gasteiger partial charge is 0.415 e. The minimum Gasteiger partial charge on any atom is -0.415 e. The summed E-state index contributed by atoms with van der Waals surface area (Å²) in [7, 11) is 1.91. The Kier molecular flexibility index (Phi) is 3.70. The first kappa shape index (κ1) is 13.9. The monoisotopic (exact) mass is 415 g/mol. The van der Waals surface area contributed by atoms with Crippen molar-refractivity contribution in [3.05, 3.63) is 44.4 Å². The van der Waals surface area contributed by atoms with E-state index in [4.69, 9.17) is 16.0 Å². The molecule has 0 aliphatic heterocycles. The molecule has 4 nitrogen and oxygen atoms in total. The lowest BCUT2D eigenvalue weighted by molar-refractivity contribution is 0.578. The minimum absolute atomic E-state index is 0.462. The molecule has 0 aliphatic rings. The molecule has 2 aromatic heterocycles. The zero-order chi connectivity index (χ0) is 14.3. The number of halogens is 3. The Balaban J connectivity index is 2.01. The Morgan fingerprint density at radius 1 is 1.10 bits per heavy atom. The topological polar surface area (TPSA) is 43.9 Å². The second kappa shape index (κ2) is 5.35. The molecule has 0 radical (unpaired) electrons. The third kappa shape index (κ3) is 2.43. The Bertz CT molecular complexity index is 765. The highest BCUT2D eigenvalue weighted by Gasteiger charge is 2.16. The molecule has 7 heteroatoms. The molecule has 0 atom stereocenters. The summed E-state index contributed by atoms with van der Waals surface area (Å²) in [6.45, 7) is 0. The Labute approximate surface area is 137 Å². The van der Waals surface area contributed by atoms with Gasteiger partial charge in [0.1, 0.15) is 5.69 Å². The lowest BCUT2D eigenvalue weighted by atomic mass is 10.2. The van der Waals surface area contributed by atoms with E-state index in [1.54, 1.807) is 12.1 Å². The van der Waals surface area contributed by atoms with Gasteiger partial charge < -0.3 is 8.98 Å². The van der Waals surface area contributed by atoms with Crippen molar-refractivity contribution >= 4 is 43.5 Å². The molecular weight excluding hydrogens is 409 g/mol. The standard InChI is InChI=1S/C13H8Br2ClN3O/c1-19-10(6-9(14)11(19)15)13-18-17-12(20-13)7-2-4-8(16)5-3-7/h2-6H,1H3. The van der Waals surface area contributed by atoms with Crippen LogP contribution in [0.4, 0.5) is 0 Å². The summed E-state index contributed by atoms with van der Waals surface area (Å²) in [5.74, 6) is 0.925. The van der Waals surface area contributed by atoms with Gasteiger partial charge in [-0.3, -0.25) is 0 Å². The van der Waals surface area contributed by atoms with Crippen LogP contribution in [0, 0.1) is 0 Å². The van der Waals surface area contributed by atoms with Gasteiger partial charge in [0.05, 0.1) is 9.08 Å². The molecule has 102 valence electrons. The van der Waals surface area contributed by atoms with Crippen molar-refractivity contribution in [2.45, 2.75) is 0 Å². The maximum absolute atomic E-state index is 5.86. The molecule has 20 heavy (non-hydrogen) atoms. The average molecular weight is 417 g/mol. The lowest BCUT2D eigenvalue weighted by Gasteiger charge is -1.98. The van der Waals surface area contributed by atoms with Crippen LogP contribution in [0.25, 0.3) is 23.0 Å². The van der Waals surface area contributed by atoms with Gasteiger partial charge in [0, 0.05) is 17.6 Å². The van der Waals surface area contributed by atoms with Gasteiger partial charge in [-0.1, -0.05) is 11.6 Å². The van der Waals surface area contributed by atoms with Crippen LogP contribution in [0.5, 0.6) is 0 Å². The molecule has 0 saturated heterocycles. The Morgan fingerprint density at radius 2 is 1.75 bits per heavy atom. The molecule has 0 bridgehead atoms. The first-order valence-corrected chi connectivity index (χ1v) is 7.63. The van der Waals surface area contributed by atoms with E-state index in [9.17, 15) is 0 Å². The minimum atomic E-state index is 0.462. The SMILES string of the molecule is Cn1c(-c2nnc(-c3ccc(Cl)cc3)o2)cc(Br)c1Br. The highest BCUT2D eigenvalue weighted by molar-refractivity contribution is 9.13. The maximum Gasteiger partial charge on any atom is 0.264 e. The van der Waals surface area contributed by atoms with E-state index < -0.39 is 0 Å². The van der Waals surface area contributed by atoms with Crippen molar-refractivity contribution in [1.29, 1.82) is 0 Å². The van der Waals surface area contributed by atoms with E-state index in [-0.39, 0.29) is 0 Å². The number of hydrogen-bond acceptors (Lipinski definition) is 3. The lowest BCUT2D eigenvalue weighted by Crippen LogP contribution is -1.91. The van der Waals surface area contributed by atoms with Gasteiger partial charge in [0.25, 0.3) is 5.89 Å². The Hall–Kier alpha value is -1.11. The quantitative estimate of drug-likeness (QED) is 0.594. The number of hydrogen-bond donors (Lipinski definition) is 0. The zero-order valence-electron chi connectivity index (χ0n) is 10.3. The summed E-state index contributed by atoms with van der Waals surface area (Å²) in [6.07, 6.45) is 0. The third-order valence-corrected chi connectivity index (χ3v) is 5.20. The van der Waals surface area contributed by atoms with Gasteiger partial charge in [0.2, 0.25) is 5.89 Å². The van der Waals surface area contributed by atoms with Crippen molar-refractivity contribution in [3.8, 4) is 23.0 Å². The molecule has 0 spiro atoms. The summed E-state index contributed by atoms with van der Waals surface area (Å²) in [6, 6.07) is 9.18. The molecule has 1 aromatic carbocycles. The van der Waals surface area contributed by atoms with Gasteiger partial charge in [-0.05, 0) is 62.2 Å². The van der Waals surface area contributed by atoms with Gasteiger partial charge in [0.15, 0.2) is 0 Å². The average Bonchev–Trinajstić information content (AvgIpc) is 3.01. The van der Waals surface area contributed by atoms with Gasteiger partial charge >= 0.3 is 0 Å². The first-order chi connectivity index (χ1) is 9.56. The number of nitrogens with zero attached hydrogens (tertiary/aromatic N) is 3. The van der Waals surface area contributed by atoms with E-state index in [1.165, 1.54) is 0 Å². The molecule has 2 heterocycles. The van der Waals surface area contributed by atoms with Crippen LogP contribution in [-0.2, 0) is 7.05 Å². The van der Waals surface area contributed by atoms with Crippen molar-refractivity contribution in [2.75, 3.05) is 0 Å². The molecule has 3 aromatic rings. The van der Waals surface area contributed by atoms with Crippen molar-refractivity contribution < 1.29 is 4.42 Å². The van der Waals surface area contributed by atoms with E-state index in [0.29, 0.717) is 16.8 Å². The zero-order valence-corrected chi connectivity index (χ0v) is 14.2. The smallest absolute Gasteiger partial charge is 0.264 e. The van der Waals surface area contributed by atoms with Crippen LogP contribution < -0.4 is 0 Å². The van der Waals surface area contributed by atoms with Crippen molar-refractivity contribution in [1.82, 2.24) is 14.8 Å². The number of rotatable bonds is 2. The van der Waals surface area contributed by atoms with Crippen LogP contribution >= 0.6 is 43.5 Å². The molecule has 3 rings (SSSR count). The number of benzene rings is 1. The van der Waals surface area contributed by atoms with Crippen molar-refractivity contribution in [3.63, 3.8) is 0 Å². The number of aromatic nitrogens is 3. The fourth-order valence-corrected chi connectivity index (χ4v) is 2.70. The molecular formula is C13H8Br2ClN3O. The molecule has 0 aliphatic carbocycles. The van der Waals surface area contributed by atoms with Crippen LogP contribution in [0.15, 0.2) is 43.8 Å². The molecule has 0 saturated carbocycles. The second-order valence-electron chi connectivity index (χ2n) is 4.15. The summed E-state index contributed by atoms with van der Waals surface area (Å²) < 4.78 is 9.48. The van der Waals surface area contributed by atoms with E-state index in [1.807, 2.05) is 29.8 Å². The third-order valence-electron chi connectivity index (χ3n) is 2.85. The van der Waals surface area contributed by atoms with Crippen LogP contribution in [0.3, 0.4) is 0 Å². The van der Waals surface area contributed by atoms with E-state index in [0.717, 1.165) is 20.3 Å². The summed E-state index contributed by atoms with van der Waals surface area (Å²) >= 11 is 12.8. The van der Waals surface area contributed by atoms with E-state index >= 15 is 0 Å². The Morgan fingerprint density at radius 3 is 2.35 bits per heavy atom. The normalized spacial score (nSPS) is 11.0. The second-order valence-corrected chi connectivity index (χ2v) is 6.19. The van der Waals surface area contributed by atoms with Gasteiger partial charge in [-0.15, -0.1) is 10.2 Å². The molecule has 0 amide bonds. The summed E-state index contributed by atoms with van der Waals surface area (Å²) in [5, 5.41) is 8.83. The molecule has 0 unspecified atom stereocenters.